The van der Waals surface area contributed by atoms with E-state index in [-0.39, 0.29) is 37.8 Å². The molecule has 0 spiro atoms. The van der Waals surface area contributed by atoms with Gasteiger partial charge in [0.1, 0.15) is 11.3 Å². The summed E-state index contributed by atoms with van der Waals surface area (Å²) >= 11 is 12.2. The maximum Gasteiger partial charge on any atom is 0.407 e. The Labute approximate surface area is 184 Å². The Balaban J connectivity index is 1.87. The van der Waals surface area contributed by atoms with E-state index in [1.165, 1.54) is 12.0 Å². The largest absolute Gasteiger partial charge is 0.492 e. The van der Waals surface area contributed by atoms with E-state index in [9.17, 15) is 14.7 Å². The van der Waals surface area contributed by atoms with E-state index in [0.29, 0.717) is 15.8 Å². The van der Waals surface area contributed by atoms with Gasteiger partial charge in [-0.3, -0.25) is 0 Å². The van der Waals surface area contributed by atoms with Gasteiger partial charge < -0.3 is 24.2 Å². The first-order chi connectivity index (χ1) is 14.4. The molecule has 0 aliphatic carbocycles. The van der Waals surface area contributed by atoms with Gasteiger partial charge in [-0.15, -0.1) is 0 Å². The first kappa shape index (κ1) is 22.2. The van der Waals surface area contributed by atoms with Gasteiger partial charge in [-0.2, -0.15) is 0 Å². The molecule has 7 nitrogen and oxygen atoms in total. The van der Waals surface area contributed by atoms with Crippen molar-refractivity contribution in [2.45, 2.75) is 6.10 Å². The summed E-state index contributed by atoms with van der Waals surface area (Å²) in [6.45, 7) is 0.776. The monoisotopic (exact) mass is 453 g/mol. The summed E-state index contributed by atoms with van der Waals surface area (Å²) < 4.78 is 16.7. The molecule has 2 unspecified atom stereocenters. The van der Waals surface area contributed by atoms with Crippen molar-refractivity contribution < 1.29 is 28.9 Å². The number of halogens is 2. The summed E-state index contributed by atoms with van der Waals surface area (Å²) in [4.78, 5) is 24.9. The number of amides is 1. The maximum atomic E-state index is 12.0. The van der Waals surface area contributed by atoms with Crippen molar-refractivity contribution in [2.24, 2.45) is 5.92 Å². The van der Waals surface area contributed by atoms with Crippen LogP contribution in [0.1, 0.15) is 22.0 Å². The van der Waals surface area contributed by atoms with Gasteiger partial charge in [0.05, 0.1) is 36.5 Å². The molecule has 0 bridgehead atoms. The van der Waals surface area contributed by atoms with Gasteiger partial charge in [0.2, 0.25) is 0 Å². The highest BCUT2D eigenvalue weighted by Gasteiger charge is 2.32. The molecule has 9 heteroatoms. The van der Waals surface area contributed by atoms with Gasteiger partial charge in [-0.25, -0.2) is 9.59 Å². The Morgan fingerprint density at radius 2 is 1.97 bits per heavy atom. The number of ether oxygens (including phenoxy) is 3. The Hall–Kier alpha value is -2.48. The predicted molar refractivity (Wildman–Crippen MR) is 112 cm³/mol. The number of carboxylic acid groups (broad SMARTS) is 1. The van der Waals surface area contributed by atoms with E-state index in [0.717, 1.165) is 5.56 Å². The molecule has 1 fully saturated rings. The standard InChI is InChI=1S/C21H21Cl2NO6/c1-28-20(25)15-4-2-3-5-18(15)30-12-14-11-24(21(26)27)8-9-29-19(14)13-6-7-16(22)17(23)10-13/h2-7,10,14,19H,8-9,11-12H2,1H3,(H,26,27). The fraction of sp³-hybridized carbons (Fsp3) is 0.333. The van der Waals surface area contributed by atoms with Crippen molar-refractivity contribution in [2.75, 3.05) is 33.4 Å². The van der Waals surface area contributed by atoms with Gasteiger partial charge in [0.25, 0.3) is 0 Å². The predicted octanol–water partition coefficient (Wildman–Crippen LogP) is 4.53. The molecule has 1 heterocycles. The normalized spacial score (nSPS) is 19.1. The number of hydrogen-bond acceptors (Lipinski definition) is 5. The lowest BCUT2D eigenvalue weighted by Gasteiger charge is -2.27. The van der Waals surface area contributed by atoms with E-state index in [1.54, 1.807) is 42.5 Å². The van der Waals surface area contributed by atoms with Crippen LogP contribution in [0.25, 0.3) is 0 Å². The zero-order valence-electron chi connectivity index (χ0n) is 16.2. The average Bonchev–Trinajstić information content (AvgIpc) is 2.96. The highest BCUT2D eigenvalue weighted by Crippen LogP contribution is 2.34. The Kier molecular flexibility index (Phi) is 7.42. The molecule has 1 aliphatic heterocycles. The molecule has 2 atom stereocenters. The third-order valence-electron chi connectivity index (χ3n) is 4.83. The molecular weight excluding hydrogens is 433 g/mol. The van der Waals surface area contributed by atoms with Gasteiger partial charge in [0, 0.05) is 19.0 Å². The molecule has 0 radical (unpaired) electrons. The van der Waals surface area contributed by atoms with Crippen LogP contribution in [0.4, 0.5) is 4.79 Å². The third kappa shape index (κ3) is 5.16. The fourth-order valence-electron chi connectivity index (χ4n) is 3.34. The molecule has 2 aromatic rings. The van der Waals surface area contributed by atoms with Gasteiger partial charge in [-0.05, 0) is 29.8 Å². The Bertz CT molecular complexity index is 922. The molecule has 1 aliphatic rings. The topological polar surface area (TPSA) is 85.3 Å². The van der Waals surface area contributed by atoms with Crippen LogP contribution in [0.5, 0.6) is 5.75 Å². The summed E-state index contributed by atoms with van der Waals surface area (Å²) in [5, 5.41) is 10.3. The molecule has 3 rings (SSSR count). The van der Waals surface area contributed by atoms with Crippen LogP contribution < -0.4 is 4.74 Å². The van der Waals surface area contributed by atoms with Crippen LogP contribution in [0.3, 0.4) is 0 Å². The van der Waals surface area contributed by atoms with Crippen LogP contribution in [0, 0.1) is 5.92 Å². The quantitative estimate of drug-likeness (QED) is 0.669. The number of carbonyl (C=O) groups is 2. The summed E-state index contributed by atoms with van der Waals surface area (Å²) in [5.74, 6) is -0.522. The fourth-order valence-corrected chi connectivity index (χ4v) is 3.64. The highest BCUT2D eigenvalue weighted by atomic mass is 35.5. The van der Waals surface area contributed by atoms with Crippen molar-refractivity contribution in [1.29, 1.82) is 0 Å². The molecule has 1 saturated heterocycles. The molecular formula is C21H21Cl2NO6. The van der Waals surface area contributed by atoms with E-state index in [4.69, 9.17) is 37.4 Å². The van der Waals surface area contributed by atoms with Crippen molar-refractivity contribution in [3.05, 3.63) is 63.6 Å². The number of para-hydroxylation sites is 1. The van der Waals surface area contributed by atoms with E-state index in [2.05, 4.69) is 0 Å². The number of methoxy groups -OCH3 is 1. The van der Waals surface area contributed by atoms with Crippen molar-refractivity contribution in [3.63, 3.8) is 0 Å². The molecule has 30 heavy (non-hydrogen) atoms. The number of esters is 1. The molecule has 1 N–H and O–H groups in total. The highest BCUT2D eigenvalue weighted by molar-refractivity contribution is 6.42. The first-order valence-electron chi connectivity index (χ1n) is 9.25. The summed E-state index contributed by atoms with van der Waals surface area (Å²) in [6, 6.07) is 11.9. The maximum absolute atomic E-state index is 12.0. The van der Waals surface area contributed by atoms with Crippen LogP contribution in [-0.4, -0.2) is 55.5 Å². The zero-order chi connectivity index (χ0) is 21.7. The third-order valence-corrected chi connectivity index (χ3v) is 5.57. The molecule has 0 saturated carbocycles. The van der Waals surface area contributed by atoms with Gasteiger partial charge in [0.15, 0.2) is 0 Å². The first-order valence-corrected chi connectivity index (χ1v) is 10.0. The minimum atomic E-state index is -1.03. The van der Waals surface area contributed by atoms with Gasteiger partial charge in [-0.1, -0.05) is 41.4 Å². The number of hydrogen-bond donors (Lipinski definition) is 1. The summed E-state index contributed by atoms with van der Waals surface area (Å²) in [7, 11) is 1.29. The SMILES string of the molecule is COC(=O)c1ccccc1OCC1CN(C(=O)O)CCOC1c1ccc(Cl)c(Cl)c1. The van der Waals surface area contributed by atoms with Crippen LogP contribution in [-0.2, 0) is 9.47 Å². The molecule has 1 amide bonds. The Morgan fingerprint density at radius 3 is 2.67 bits per heavy atom. The van der Waals surface area contributed by atoms with Crippen molar-refractivity contribution >= 4 is 35.3 Å². The van der Waals surface area contributed by atoms with E-state index in [1.807, 2.05) is 0 Å². The van der Waals surface area contributed by atoms with Crippen molar-refractivity contribution in [1.82, 2.24) is 4.90 Å². The van der Waals surface area contributed by atoms with E-state index < -0.39 is 18.2 Å². The van der Waals surface area contributed by atoms with Crippen LogP contribution in [0.2, 0.25) is 10.0 Å². The second kappa shape index (κ2) is 10.0. The van der Waals surface area contributed by atoms with E-state index >= 15 is 0 Å². The summed E-state index contributed by atoms with van der Waals surface area (Å²) in [5.41, 5.74) is 1.06. The molecule has 2 aromatic carbocycles. The molecule has 0 aromatic heterocycles. The second-order valence-electron chi connectivity index (χ2n) is 6.75. The lowest BCUT2D eigenvalue weighted by atomic mass is 9.95. The smallest absolute Gasteiger partial charge is 0.407 e. The number of carbonyl (C=O) groups excluding carboxylic acids is 1. The van der Waals surface area contributed by atoms with Gasteiger partial charge >= 0.3 is 12.1 Å². The molecule has 160 valence electrons. The average molecular weight is 454 g/mol. The number of benzene rings is 2. The second-order valence-corrected chi connectivity index (χ2v) is 7.57. The summed E-state index contributed by atoms with van der Waals surface area (Å²) in [6.07, 6.45) is -1.50. The lowest BCUT2D eigenvalue weighted by molar-refractivity contribution is 0.0150. The van der Waals surface area contributed by atoms with Crippen LogP contribution >= 0.6 is 23.2 Å². The number of rotatable bonds is 5. The van der Waals surface area contributed by atoms with Crippen LogP contribution in [0.15, 0.2) is 42.5 Å². The minimum Gasteiger partial charge on any atom is -0.492 e. The minimum absolute atomic E-state index is 0.114. The zero-order valence-corrected chi connectivity index (χ0v) is 17.7. The number of nitrogens with zero attached hydrogens (tertiary/aromatic N) is 1. The van der Waals surface area contributed by atoms with Crippen molar-refractivity contribution in [3.8, 4) is 5.75 Å². The Morgan fingerprint density at radius 1 is 1.20 bits per heavy atom. The lowest BCUT2D eigenvalue weighted by Crippen LogP contribution is -2.37.